The minimum Gasteiger partial charge on any atom is -0.439 e. The van der Waals surface area contributed by atoms with Crippen LogP contribution in [0.1, 0.15) is 0 Å². The Morgan fingerprint density at radius 3 is 2.62 bits per heavy atom. The van der Waals surface area contributed by atoms with Crippen molar-refractivity contribution in [3.05, 3.63) is 42.3 Å². The minimum absolute atomic E-state index is 0.292. The van der Waals surface area contributed by atoms with E-state index < -0.39 is 0 Å². The summed E-state index contributed by atoms with van der Waals surface area (Å²) in [4.78, 5) is 13.6. The number of fused-ring (bicyclic) bond motifs is 3. The molecule has 3 saturated heterocycles. The first-order valence-electron chi connectivity index (χ1n) is 8.23. The van der Waals surface area contributed by atoms with E-state index in [9.17, 15) is 4.39 Å². The SMILES string of the molecule is Fc1ccc(Oc2ccnc(NCC3CN4CCN3CC4)n2)cc1. The molecule has 0 radical (unpaired) electrons. The van der Waals surface area contributed by atoms with Gasteiger partial charge in [0.15, 0.2) is 0 Å². The number of benzene rings is 1. The number of halogens is 1. The molecule has 2 aromatic rings. The summed E-state index contributed by atoms with van der Waals surface area (Å²) >= 11 is 0. The van der Waals surface area contributed by atoms with Gasteiger partial charge in [-0.1, -0.05) is 0 Å². The van der Waals surface area contributed by atoms with Gasteiger partial charge in [-0.05, 0) is 24.3 Å². The van der Waals surface area contributed by atoms with Crippen molar-refractivity contribution in [3.63, 3.8) is 0 Å². The standard InChI is InChI=1S/C17H20FN5O/c18-13-1-3-15(4-2-13)24-16-5-6-19-17(21-16)20-11-14-12-22-7-9-23(14)10-8-22/h1-6,14H,7-12H2,(H,19,20,21). The Hall–Kier alpha value is -2.25. The van der Waals surface area contributed by atoms with Crippen LogP contribution >= 0.6 is 0 Å². The smallest absolute Gasteiger partial charge is 0.226 e. The van der Waals surface area contributed by atoms with Gasteiger partial charge in [-0.15, -0.1) is 0 Å². The van der Waals surface area contributed by atoms with E-state index in [-0.39, 0.29) is 5.82 Å². The van der Waals surface area contributed by atoms with Gasteiger partial charge in [0, 0.05) is 57.6 Å². The third kappa shape index (κ3) is 3.47. The number of hydrogen-bond donors (Lipinski definition) is 1. The first kappa shape index (κ1) is 15.3. The summed E-state index contributed by atoms with van der Waals surface area (Å²) in [6.45, 7) is 6.54. The van der Waals surface area contributed by atoms with Crippen molar-refractivity contribution in [1.29, 1.82) is 0 Å². The highest BCUT2D eigenvalue weighted by Crippen LogP contribution is 2.20. The molecule has 3 aliphatic heterocycles. The van der Waals surface area contributed by atoms with Gasteiger partial charge in [0.05, 0.1) is 0 Å². The lowest BCUT2D eigenvalue weighted by molar-refractivity contribution is 0.0189. The molecule has 1 N–H and O–H groups in total. The van der Waals surface area contributed by atoms with E-state index in [1.54, 1.807) is 24.4 Å². The van der Waals surface area contributed by atoms with Crippen LogP contribution in [-0.2, 0) is 0 Å². The average molecular weight is 329 g/mol. The second-order valence-electron chi connectivity index (χ2n) is 6.15. The van der Waals surface area contributed by atoms with Crippen LogP contribution in [-0.4, -0.2) is 65.1 Å². The monoisotopic (exact) mass is 329 g/mol. The fraction of sp³-hybridized carbons (Fsp3) is 0.412. The van der Waals surface area contributed by atoms with E-state index in [2.05, 4.69) is 25.1 Å². The molecule has 6 nitrogen and oxygen atoms in total. The van der Waals surface area contributed by atoms with Gasteiger partial charge in [0.25, 0.3) is 0 Å². The van der Waals surface area contributed by atoms with E-state index in [4.69, 9.17) is 4.74 Å². The summed E-state index contributed by atoms with van der Waals surface area (Å²) in [5, 5.41) is 3.30. The van der Waals surface area contributed by atoms with Crippen LogP contribution in [0.15, 0.2) is 36.5 Å². The van der Waals surface area contributed by atoms with Crippen molar-refractivity contribution >= 4 is 5.95 Å². The van der Waals surface area contributed by atoms with Crippen molar-refractivity contribution in [2.75, 3.05) is 44.6 Å². The van der Waals surface area contributed by atoms with E-state index in [0.29, 0.717) is 23.6 Å². The normalized spacial score (nSPS) is 25.5. The molecular formula is C17H20FN5O. The predicted molar refractivity (Wildman–Crippen MR) is 88.8 cm³/mol. The topological polar surface area (TPSA) is 53.5 Å². The van der Waals surface area contributed by atoms with Gasteiger partial charge in [0.2, 0.25) is 11.8 Å². The fourth-order valence-electron chi connectivity index (χ4n) is 3.23. The Bertz CT molecular complexity index is 688. The lowest BCUT2D eigenvalue weighted by Gasteiger charge is -2.47. The second kappa shape index (κ2) is 6.70. The number of hydrogen-bond acceptors (Lipinski definition) is 6. The van der Waals surface area contributed by atoms with Crippen LogP contribution in [0.3, 0.4) is 0 Å². The van der Waals surface area contributed by atoms with E-state index in [0.717, 1.165) is 26.2 Å². The molecule has 2 bridgehead atoms. The van der Waals surface area contributed by atoms with Crippen LogP contribution in [0, 0.1) is 5.82 Å². The van der Waals surface area contributed by atoms with Gasteiger partial charge in [-0.25, -0.2) is 9.37 Å². The summed E-state index contributed by atoms with van der Waals surface area (Å²) < 4.78 is 18.6. The average Bonchev–Trinajstić information content (AvgIpc) is 2.63. The first-order chi connectivity index (χ1) is 11.8. The van der Waals surface area contributed by atoms with Crippen LogP contribution in [0.4, 0.5) is 10.3 Å². The molecule has 4 heterocycles. The van der Waals surface area contributed by atoms with E-state index in [1.807, 2.05) is 0 Å². The molecule has 5 rings (SSSR count). The maximum Gasteiger partial charge on any atom is 0.226 e. The zero-order chi connectivity index (χ0) is 16.4. The molecule has 1 unspecified atom stereocenters. The molecule has 126 valence electrons. The molecule has 0 amide bonds. The second-order valence-corrected chi connectivity index (χ2v) is 6.15. The highest BCUT2D eigenvalue weighted by molar-refractivity contribution is 5.31. The Balaban J connectivity index is 1.37. The molecule has 0 aliphatic carbocycles. The van der Waals surface area contributed by atoms with E-state index in [1.165, 1.54) is 25.2 Å². The largest absolute Gasteiger partial charge is 0.439 e. The van der Waals surface area contributed by atoms with Crippen molar-refractivity contribution in [2.45, 2.75) is 6.04 Å². The number of anilines is 1. The zero-order valence-electron chi connectivity index (χ0n) is 13.4. The quantitative estimate of drug-likeness (QED) is 0.903. The maximum absolute atomic E-state index is 12.9. The summed E-state index contributed by atoms with van der Waals surface area (Å²) in [6.07, 6.45) is 1.66. The van der Waals surface area contributed by atoms with Crippen molar-refractivity contribution < 1.29 is 9.13 Å². The van der Waals surface area contributed by atoms with Crippen molar-refractivity contribution in [3.8, 4) is 11.6 Å². The van der Waals surface area contributed by atoms with Crippen LogP contribution in [0.25, 0.3) is 0 Å². The zero-order valence-corrected chi connectivity index (χ0v) is 13.4. The molecule has 0 spiro atoms. The molecule has 1 aromatic carbocycles. The van der Waals surface area contributed by atoms with Gasteiger partial charge in [-0.3, -0.25) is 9.80 Å². The van der Waals surface area contributed by atoms with Crippen molar-refractivity contribution in [1.82, 2.24) is 19.8 Å². The van der Waals surface area contributed by atoms with Crippen LogP contribution in [0.5, 0.6) is 11.6 Å². The molecule has 24 heavy (non-hydrogen) atoms. The minimum atomic E-state index is -0.292. The van der Waals surface area contributed by atoms with Gasteiger partial charge in [0.1, 0.15) is 11.6 Å². The first-order valence-corrected chi connectivity index (χ1v) is 8.23. The van der Waals surface area contributed by atoms with Crippen LogP contribution in [0.2, 0.25) is 0 Å². The van der Waals surface area contributed by atoms with Crippen LogP contribution < -0.4 is 10.1 Å². The Morgan fingerprint density at radius 2 is 1.92 bits per heavy atom. The Labute approximate surface area is 140 Å². The number of nitrogens with zero attached hydrogens (tertiary/aromatic N) is 4. The summed E-state index contributed by atoms with van der Waals surface area (Å²) in [6, 6.07) is 8.05. The maximum atomic E-state index is 12.9. The number of nitrogens with one attached hydrogen (secondary N) is 1. The van der Waals surface area contributed by atoms with Gasteiger partial charge in [-0.2, -0.15) is 4.98 Å². The molecular weight excluding hydrogens is 309 g/mol. The molecule has 3 aliphatic rings. The number of ether oxygens (including phenoxy) is 1. The molecule has 7 heteroatoms. The molecule has 1 aromatic heterocycles. The fourth-order valence-corrected chi connectivity index (χ4v) is 3.23. The predicted octanol–water partition coefficient (Wildman–Crippen LogP) is 1.82. The highest BCUT2D eigenvalue weighted by Gasteiger charge is 2.31. The highest BCUT2D eigenvalue weighted by atomic mass is 19.1. The lowest BCUT2D eigenvalue weighted by Crippen LogP contribution is -2.62. The number of aromatic nitrogens is 2. The summed E-state index contributed by atoms with van der Waals surface area (Å²) in [5.41, 5.74) is 0. The third-order valence-corrected chi connectivity index (χ3v) is 4.55. The summed E-state index contributed by atoms with van der Waals surface area (Å²) in [7, 11) is 0. The van der Waals surface area contributed by atoms with Gasteiger partial charge >= 0.3 is 0 Å². The molecule has 0 saturated carbocycles. The third-order valence-electron chi connectivity index (χ3n) is 4.55. The number of piperazine rings is 3. The van der Waals surface area contributed by atoms with Crippen molar-refractivity contribution in [2.24, 2.45) is 0 Å². The Morgan fingerprint density at radius 1 is 1.12 bits per heavy atom. The van der Waals surface area contributed by atoms with Gasteiger partial charge < -0.3 is 10.1 Å². The Kier molecular flexibility index (Phi) is 4.27. The molecule has 3 fully saturated rings. The summed E-state index contributed by atoms with van der Waals surface area (Å²) in [5.74, 6) is 1.24. The molecule has 1 atom stereocenters. The van der Waals surface area contributed by atoms with E-state index >= 15 is 0 Å². The number of rotatable bonds is 5. The lowest BCUT2D eigenvalue weighted by atomic mass is 10.1.